The summed E-state index contributed by atoms with van der Waals surface area (Å²) >= 11 is 0. The third-order valence-electron chi connectivity index (χ3n) is 6.47. The number of hydrogen-bond donors (Lipinski definition) is 2. The summed E-state index contributed by atoms with van der Waals surface area (Å²) in [5.41, 5.74) is 5.60. The van der Waals surface area contributed by atoms with E-state index < -0.39 is 0 Å². The highest BCUT2D eigenvalue weighted by molar-refractivity contribution is 5.88. The third-order valence-corrected chi connectivity index (χ3v) is 6.47. The Morgan fingerprint density at radius 3 is 2.70 bits per heavy atom. The summed E-state index contributed by atoms with van der Waals surface area (Å²) in [5, 5.41) is 11.4. The van der Waals surface area contributed by atoms with Crippen LogP contribution in [0.25, 0.3) is 10.9 Å². The zero-order valence-electron chi connectivity index (χ0n) is 18.3. The molecule has 2 heterocycles. The van der Waals surface area contributed by atoms with E-state index in [0.29, 0.717) is 6.54 Å². The number of aromatic hydroxyl groups is 1. The van der Waals surface area contributed by atoms with Crippen molar-refractivity contribution in [1.82, 2.24) is 14.8 Å². The lowest BCUT2D eigenvalue weighted by molar-refractivity contribution is -0.138. The Hall–Kier alpha value is -2.79. The molecule has 3 aromatic rings. The van der Waals surface area contributed by atoms with E-state index in [2.05, 4.69) is 48.9 Å². The molecule has 0 saturated carbocycles. The topological polar surface area (TPSA) is 59.6 Å². The van der Waals surface area contributed by atoms with Gasteiger partial charge in [0.25, 0.3) is 0 Å². The normalized spacial score (nSPS) is 17.4. The number of fused-ring (bicyclic) bond motifs is 3. The Kier molecular flexibility index (Phi) is 5.56. The van der Waals surface area contributed by atoms with Gasteiger partial charge >= 0.3 is 0 Å². The number of hydrogen-bond acceptors (Lipinski definition) is 3. The van der Waals surface area contributed by atoms with Crippen molar-refractivity contribution in [3.63, 3.8) is 0 Å². The predicted molar refractivity (Wildman–Crippen MR) is 121 cm³/mol. The molecule has 30 heavy (non-hydrogen) atoms. The number of rotatable bonds is 5. The first-order valence-corrected chi connectivity index (χ1v) is 10.9. The molecule has 5 nitrogen and oxygen atoms in total. The molecule has 4 rings (SSSR count). The van der Waals surface area contributed by atoms with Gasteiger partial charge in [0.2, 0.25) is 5.91 Å². The first-order chi connectivity index (χ1) is 14.4. The maximum absolute atomic E-state index is 13.6. The predicted octanol–water partition coefficient (Wildman–Crippen LogP) is 4.39. The van der Waals surface area contributed by atoms with Gasteiger partial charge in [-0.05, 0) is 68.8 Å². The molecule has 0 spiro atoms. The molecule has 0 saturated heterocycles. The quantitative estimate of drug-likeness (QED) is 0.662. The summed E-state index contributed by atoms with van der Waals surface area (Å²) in [5.74, 6) is 0.350. The molecule has 0 aliphatic carbocycles. The molecule has 1 aliphatic heterocycles. The van der Waals surface area contributed by atoms with Gasteiger partial charge in [0, 0.05) is 23.1 Å². The Balaban J connectivity index is 1.84. The van der Waals surface area contributed by atoms with E-state index in [4.69, 9.17) is 0 Å². The Labute approximate surface area is 178 Å². The largest absolute Gasteiger partial charge is 0.508 e. The number of phenolic OH excluding ortho intramolecular Hbond substituents is 1. The zero-order chi connectivity index (χ0) is 21.4. The van der Waals surface area contributed by atoms with E-state index in [1.54, 1.807) is 12.1 Å². The summed E-state index contributed by atoms with van der Waals surface area (Å²) in [6.45, 7) is 10.6. The fourth-order valence-electron chi connectivity index (χ4n) is 4.85. The van der Waals surface area contributed by atoms with Crippen LogP contribution in [-0.2, 0) is 11.2 Å². The van der Waals surface area contributed by atoms with Gasteiger partial charge in [-0.3, -0.25) is 9.69 Å². The van der Waals surface area contributed by atoms with Crippen LogP contribution in [-0.4, -0.2) is 51.5 Å². The van der Waals surface area contributed by atoms with Crippen molar-refractivity contribution in [1.29, 1.82) is 0 Å². The lowest BCUT2D eigenvalue weighted by atomic mass is 9.91. The van der Waals surface area contributed by atoms with Crippen LogP contribution in [0.5, 0.6) is 5.75 Å². The number of aryl methyl sites for hydroxylation is 1. The third kappa shape index (κ3) is 3.47. The van der Waals surface area contributed by atoms with Crippen molar-refractivity contribution in [3.05, 3.63) is 64.8 Å². The average Bonchev–Trinajstić information content (AvgIpc) is 3.11. The van der Waals surface area contributed by atoms with E-state index in [1.807, 2.05) is 24.0 Å². The van der Waals surface area contributed by atoms with Crippen LogP contribution in [0.1, 0.15) is 49.2 Å². The van der Waals surface area contributed by atoms with Crippen molar-refractivity contribution in [2.45, 2.75) is 46.2 Å². The lowest BCUT2D eigenvalue weighted by Gasteiger charge is -2.39. The van der Waals surface area contributed by atoms with Crippen molar-refractivity contribution in [3.8, 4) is 5.75 Å². The van der Waals surface area contributed by atoms with Gasteiger partial charge in [-0.15, -0.1) is 0 Å². The molecule has 1 aromatic heterocycles. The lowest BCUT2D eigenvalue weighted by Crippen LogP contribution is -2.50. The first kappa shape index (κ1) is 20.5. The summed E-state index contributed by atoms with van der Waals surface area (Å²) in [6.07, 6.45) is 0.824. The highest BCUT2D eigenvalue weighted by Crippen LogP contribution is 2.39. The SMILES string of the molecule is CCN(CC)C(C)C(=O)N1CCc2c([nH]c3ccc(C)cc23)C1c1cccc(O)c1. The molecular formula is C25H31N3O2. The van der Waals surface area contributed by atoms with Gasteiger partial charge in [-0.1, -0.05) is 37.6 Å². The number of phenols is 1. The van der Waals surface area contributed by atoms with Gasteiger partial charge in [0.05, 0.1) is 12.1 Å². The molecular weight excluding hydrogens is 374 g/mol. The van der Waals surface area contributed by atoms with E-state index in [9.17, 15) is 9.90 Å². The number of likely N-dealkylation sites (N-methyl/N-ethyl adjacent to an activating group) is 1. The smallest absolute Gasteiger partial charge is 0.240 e. The van der Waals surface area contributed by atoms with E-state index >= 15 is 0 Å². The van der Waals surface area contributed by atoms with E-state index in [-0.39, 0.29) is 23.7 Å². The fraction of sp³-hybridized carbons (Fsp3) is 0.400. The minimum Gasteiger partial charge on any atom is -0.508 e. The number of nitrogens with zero attached hydrogens (tertiary/aromatic N) is 2. The van der Waals surface area contributed by atoms with Gasteiger partial charge in [0.15, 0.2) is 0 Å². The summed E-state index contributed by atoms with van der Waals surface area (Å²) in [4.78, 5) is 21.4. The average molecular weight is 406 g/mol. The molecule has 0 bridgehead atoms. The molecule has 2 unspecified atom stereocenters. The maximum Gasteiger partial charge on any atom is 0.240 e. The number of aromatic amines is 1. The number of amides is 1. The molecule has 1 amide bonds. The molecule has 1 aliphatic rings. The van der Waals surface area contributed by atoms with Gasteiger partial charge in [-0.2, -0.15) is 0 Å². The molecule has 2 aromatic carbocycles. The standard InChI is InChI=1S/C25H31N3O2/c1-5-27(6-2)17(4)25(30)28-13-12-20-21-14-16(3)10-11-22(21)26-23(20)24(28)18-8-7-9-19(29)15-18/h7-11,14-15,17,24,26,29H,5-6,12-13H2,1-4H3. The van der Waals surface area contributed by atoms with Crippen LogP contribution in [0, 0.1) is 6.92 Å². The summed E-state index contributed by atoms with van der Waals surface area (Å²) in [7, 11) is 0. The highest BCUT2D eigenvalue weighted by Gasteiger charge is 2.37. The highest BCUT2D eigenvalue weighted by atomic mass is 16.3. The van der Waals surface area contributed by atoms with Crippen LogP contribution in [0.15, 0.2) is 42.5 Å². The molecule has 5 heteroatoms. The molecule has 0 radical (unpaired) electrons. The molecule has 158 valence electrons. The van der Waals surface area contributed by atoms with Crippen molar-refractivity contribution in [2.24, 2.45) is 0 Å². The van der Waals surface area contributed by atoms with E-state index in [0.717, 1.165) is 36.3 Å². The number of H-pyrrole nitrogens is 1. The number of nitrogens with one attached hydrogen (secondary N) is 1. The Bertz CT molecular complexity index is 1070. The van der Waals surface area contributed by atoms with Gasteiger partial charge in [0.1, 0.15) is 5.75 Å². The summed E-state index contributed by atoms with van der Waals surface area (Å²) < 4.78 is 0. The van der Waals surface area contributed by atoms with Crippen molar-refractivity contribution >= 4 is 16.8 Å². The Morgan fingerprint density at radius 2 is 2.00 bits per heavy atom. The molecule has 0 fully saturated rings. The van der Waals surface area contributed by atoms with Crippen molar-refractivity contribution < 1.29 is 9.90 Å². The monoisotopic (exact) mass is 405 g/mol. The van der Waals surface area contributed by atoms with Gasteiger partial charge in [-0.25, -0.2) is 0 Å². The second-order valence-electron chi connectivity index (χ2n) is 8.24. The second-order valence-corrected chi connectivity index (χ2v) is 8.24. The number of benzene rings is 2. The minimum absolute atomic E-state index is 0.132. The van der Waals surface area contributed by atoms with E-state index in [1.165, 1.54) is 16.5 Å². The first-order valence-electron chi connectivity index (χ1n) is 10.9. The van der Waals surface area contributed by atoms with Crippen LogP contribution >= 0.6 is 0 Å². The number of aromatic nitrogens is 1. The summed E-state index contributed by atoms with van der Waals surface area (Å²) in [6, 6.07) is 13.3. The minimum atomic E-state index is -0.237. The number of carbonyl (C=O) groups is 1. The number of carbonyl (C=O) groups excluding carboxylic acids is 1. The van der Waals surface area contributed by atoms with Crippen LogP contribution < -0.4 is 0 Å². The molecule has 2 N–H and O–H groups in total. The van der Waals surface area contributed by atoms with Crippen LogP contribution in [0.4, 0.5) is 0 Å². The Morgan fingerprint density at radius 1 is 1.23 bits per heavy atom. The van der Waals surface area contributed by atoms with Gasteiger partial charge < -0.3 is 15.0 Å². The second kappa shape index (κ2) is 8.15. The van der Waals surface area contributed by atoms with Crippen molar-refractivity contribution in [2.75, 3.05) is 19.6 Å². The van der Waals surface area contributed by atoms with Crippen LogP contribution in [0.3, 0.4) is 0 Å². The zero-order valence-corrected chi connectivity index (χ0v) is 18.3. The molecule has 2 atom stereocenters. The van der Waals surface area contributed by atoms with Crippen LogP contribution in [0.2, 0.25) is 0 Å². The maximum atomic E-state index is 13.6. The fourth-order valence-corrected chi connectivity index (χ4v) is 4.85.